The smallest absolute Gasteiger partial charge is 0.270 e. The van der Waals surface area contributed by atoms with Crippen LogP contribution in [0.15, 0.2) is 48.5 Å². The summed E-state index contributed by atoms with van der Waals surface area (Å²) >= 11 is 6.01. The minimum atomic E-state index is -0.758. The number of hydrogen-bond acceptors (Lipinski definition) is 5. The van der Waals surface area contributed by atoms with Gasteiger partial charge < -0.3 is 16.0 Å². The number of nitrogens with zero attached hydrogens (tertiary/aromatic N) is 1. The maximum atomic E-state index is 12.5. The number of anilines is 1. The molecule has 0 aromatic heterocycles. The number of benzene rings is 2. The van der Waals surface area contributed by atoms with Crippen LogP contribution in [0.5, 0.6) is 0 Å². The average molecular weight is 433 g/mol. The molecule has 0 spiro atoms. The van der Waals surface area contributed by atoms with Gasteiger partial charge in [0, 0.05) is 30.9 Å². The van der Waals surface area contributed by atoms with Crippen molar-refractivity contribution in [3.05, 3.63) is 69.2 Å². The summed E-state index contributed by atoms with van der Waals surface area (Å²) in [5.41, 5.74) is 0.878. The van der Waals surface area contributed by atoms with Gasteiger partial charge in [0.05, 0.1) is 15.5 Å². The zero-order chi connectivity index (χ0) is 22.1. The van der Waals surface area contributed by atoms with Crippen LogP contribution in [-0.2, 0) is 4.79 Å². The third kappa shape index (κ3) is 6.73. The molecule has 1 unspecified atom stereocenters. The van der Waals surface area contributed by atoms with Crippen molar-refractivity contribution >= 4 is 34.8 Å². The zero-order valence-electron chi connectivity index (χ0n) is 16.9. The molecule has 2 aromatic carbocycles. The van der Waals surface area contributed by atoms with Crippen LogP contribution in [0.4, 0.5) is 11.4 Å². The van der Waals surface area contributed by atoms with Gasteiger partial charge in [-0.25, -0.2) is 0 Å². The van der Waals surface area contributed by atoms with Crippen LogP contribution in [0.25, 0.3) is 0 Å². The molecule has 160 valence electrons. The standard InChI is InChI=1S/C21H25ClN4O4/c1-14(2)19(21(28)24-12-6-11-23-15-7-4-3-5-8-15)25-20(27)17-10-9-16(26(29)30)13-18(17)22/h3-5,7-10,13-14,19,23H,6,11-12H2,1-2H3,(H,24,28)(H,25,27). The average Bonchev–Trinajstić information content (AvgIpc) is 2.71. The van der Waals surface area contributed by atoms with Gasteiger partial charge in [-0.2, -0.15) is 0 Å². The van der Waals surface area contributed by atoms with E-state index < -0.39 is 16.9 Å². The molecule has 9 heteroatoms. The van der Waals surface area contributed by atoms with E-state index in [1.54, 1.807) is 0 Å². The molecular weight excluding hydrogens is 408 g/mol. The molecular formula is C21H25ClN4O4. The molecule has 0 saturated heterocycles. The van der Waals surface area contributed by atoms with Crippen LogP contribution in [0, 0.1) is 16.0 Å². The summed E-state index contributed by atoms with van der Waals surface area (Å²) in [6.45, 7) is 4.79. The Hall–Kier alpha value is -3.13. The quantitative estimate of drug-likeness (QED) is 0.301. The first-order valence-electron chi connectivity index (χ1n) is 9.61. The van der Waals surface area contributed by atoms with Gasteiger partial charge >= 0.3 is 0 Å². The second-order valence-electron chi connectivity index (χ2n) is 7.05. The SMILES string of the molecule is CC(C)C(NC(=O)c1ccc([N+](=O)[O-])cc1Cl)C(=O)NCCCNc1ccccc1. The molecule has 0 aliphatic carbocycles. The van der Waals surface area contributed by atoms with Crippen LogP contribution >= 0.6 is 11.6 Å². The molecule has 2 amide bonds. The van der Waals surface area contributed by atoms with Crippen molar-refractivity contribution in [3.63, 3.8) is 0 Å². The number of amides is 2. The summed E-state index contributed by atoms with van der Waals surface area (Å²) < 4.78 is 0. The van der Waals surface area contributed by atoms with Crippen molar-refractivity contribution in [3.8, 4) is 0 Å². The first kappa shape index (κ1) is 23.2. The summed E-state index contributed by atoms with van der Waals surface area (Å²) in [7, 11) is 0. The van der Waals surface area contributed by atoms with E-state index in [0.29, 0.717) is 19.5 Å². The fourth-order valence-corrected chi connectivity index (χ4v) is 3.01. The highest BCUT2D eigenvalue weighted by Gasteiger charge is 2.25. The second kappa shape index (κ2) is 11.2. The lowest BCUT2D eigenvalue weighted by Gasteiger charge is -2.22. The fraction of sp³-hybridized carbons (Fsp3) is 0.333. The number of nitro groups is 1. The van der Waals surface area contributed by atoms with Gasteiger partial charge in [0.1, 0.15) is 6.04 Å². The number of para-hydroxylation sites is 1. The maximum Gasteiger partial charge on any atom is 0.270 e. The normalized spacial score (nSPS) is 11.6. The van der Waals surface area contributed by atoms with E-state index in [1.165, 1.54) is 12.1 Å². The van der Waals surface area contributed by atoms with E-state index in [0.717, 1.165) is 11.8 Å². The van der Waals surface area contributed by atoms with E-state index in [4.69, 9.17) is 11.6 Å². The lowest BCUT2D eigenvalue weighted by atomic mass is 10.0. The summed E-state index contributed by atoms with van der Waals surface area (Å²) in [6.07, 6.45) is 0.716. The van der Waals surface area contributed by atoms with E-state index in [-0.39, 0.29) is 28.1 Å². The molecule has 0 radical (unpaired) electrons. The van der Waals surface area contributed by atoms with Gasteiger partial charge in [0.25, 0.3) is 11.6 Å². The molecule has 2 rings (SSSR count). The van der Waals surface area contributed by atoms with Crippen molar-refractivity contribution in [2.24, 2.45) is 5.92 Å². The number of halogens is 1. The minimum absolute atomic E-state index is 0.0448. The van der Waals surface area contributed by atoms with Gasteiger partial charge in [0.15, 0.2) is 0 Å². The monoisotopic (exact) mass is 432 g/mol. The first-order valence-corrected chi connectivity index (χ1v) is 9.99. The molecule has 0 saturated carbocycles. The number of nitrogens with one attached hydrogen (secondary N) is 3. The molecule has 0 bridgehead atoms. The highest BCUT2D eigenvalue weighted by molar-refractivity contribution is 6.34. The number of rotatable bonds is 10. The summed E-state index contributed by atoms with van der Waals surface area (Å²) in [4.78, 5) is 35.3. The number of carbonyl (C=O) groups is 2. The third-order valence-electron chi connectivity index (χ3n) is 4.40. The van der Waals surface area contributed by atoms with Gasteiger partial charge in [0.2, 0.25) is 5.91 Å². The van der Waals surface area contributed by atoms with Gasteiger partial charge in [-0.1, -0.05) is 43.6 Å². The summed E-state index contributed by atoms with van der Waals surface area (Å²) in [5.74, 6) is -1.01. The molecule has 8 nitrogen and oxygen atoms in total. The van der Waals surface area contributed by atoms with Crippen molar-refractivity contribution < 1.29 is 14.5 Å². The molecule has 3 N–H and O–H groups in total. The predicted octanol–water partition coefficient (Wildman–Crippen LogP) is 3.62. The van der Waals surface area contributed by atoms with Crippen LogP contribution in [0.3, 0.4) is 0 Å². The van der Waals surface area contributed by atoms with Gasteiger partial charge in [-0.3, -0.25) is 19.7 Å². The van der Waals surface area contributed by atoms with Gasteiger partial charge in [-0.05, 0) is 30.5 Å². The predicted molar refractivity (Wildman–Crippen MR) is 117 cm³/mol. The van der Waals surface area contributed by atoms with Crippen molar-refractivity contribution in [1.29, 1.82) is 0 Å². The molecule has 0 aliphatic rings. The van der Waals surface area contributed by atoms with Crippen molar-refractivity contribution in [2.45, 2.75) is 26.3 Å². The summed E-state index contributed by atoms with van der Waals surface area (Å²) in [6, 6.07) is 12.6. The number of nitro benzene ring substituents is 1. The third-order valence-corrected chi connectivity index (χ3v) is 4.71. The summed E-state index contributed by atoms with van der Waals surface area (Å²) in [5, 5.41) is 19.5. The number of hydrogen-bond donors (Lipinski definition) is 3. The topological polar surface area (TPSA) is 113 Å². The lowest BCUT2D eigenvalue weighted by molar-refractivity contribution is -0.384. The Bertz CT molecular complexity index is 890. The maximum absolute atomic E-state index is 12.5. The van der Waals surface area contributed by atoms with Gasteiger partial charge in [-0.15, -0.1) is 0 Å². The Kier molecular flexibility index (Phi) is 8.61. The molecule has 0 heterocycles. The highest BCUT2D eigenvalue weighted by atomic mass is 35.5. The van der Waals surface area contributed by atoms with Crippen LogP contribution < -0.4 is 16.0 Å². The number of carbonyl (C=O) groups excluding carboxylic acids is 2. The van der Waals surface area contributed by atoms with E-state index >= 15 is 0 Å². The second-order valence-corrected chi connectivity index (χ2v) is 7.46. The lowest BCUT2D eigenvalue weighted by Crippen LogP contribution is -2.50. The van der Waals surface area contributed by atoms with Crippen molar-refractivity contribution in [1.82, 2.24) is 10.6 Å². The molecule has 2 aromatic rings. The Balaban J connectivity index is 1.87. The van der Waals surface area contributed by atoms with Crippen LogP contribution in [0.2, 0.25) is 5.02 Å². The van der Waals surface area contributed by atoms with Crippen molar-refractivity contribution in [2.75, 3.05) is 18.4 Å². The highest BCUT2D eigenvalue weighted by Crippen LogP contribution is 2.22. The van der Waals surface area contributed by atoms with E-state index in [1.807, 2.05) is 44.2 Å². The Morgan fingerprint density at radius 2 is 1.80 bits per heavy atom. The fourth-order valence-electron chi connectivity index (χ4n) is 2.75. The Labute approximate surface area is 180 Å². The molecule has 0 aliphatic heterocycles. The van der Waals surface area contributed by atoms with Crippen LogP contribution in [-0.4, -0.2) is 35.9 Å². The Morgan fingerprint density at radius 1 is 1.10 bits per heavy atom. The van der Waals surface area contributed by atoms with Crippen LogP contribution in [0.1, 0.15) is 30.6 Å². The molecule has 1 atom stereocenters. The molecule has 30 heavy (non-hydrogen) atoms. The Morgan fingerprint density at radius 3 is 2.40 bits per heavy atom. The largest absolute Gasteiger partial charge is 0.385 e. The zero-order valence-corrected chi connectivity index (χ0v) is 17.6. The van der Waals surface area contributed by atoms with E-state index in [9.17, 15) is 19.7 Å². The van der Waals surface area contributed by atoms with E-state index in [2.05, 4.69) is 16.0 Å². The molecule has 0 fully saturated rings. The first-order chi connectivity index (χ1) is 14.3. The number of non-ortho nitro benzene ring substituents is 1. The minimum Gasteiger partial charge on any atom is -0.385 e.